The summed E-state index contributed by atoms with van der Waals surface area (Å²) in [6.45, 7) is 0. The van der Waals surface area contributed by atoms with E-state index in [0.717, 1.165) is 0 Å². The number of anilines is 1. The third-order valence-electron chi connectivity index (χ3n) is 4.56. The van der Waals surface area contributed by atoms with Crippen LogP contribution in [0, 0.1) is 3.57 Å². The van der Waals surface area contributed by atoms with Gasteiger partial charge in [0.15, 0.2) is 0 Å². The lowest BCUT2D eigenvalue weighted by Gasteiger charge is -2.24. The summed E-state index contributed by atoms with van der Waals surface area (Å²) in [5.41, 5.74) is 0.0934. The molecule has 180 valence electrons. The highest BCUT2D eigenvalue weighted by Gasteiger charge is 2.41. The maximum Gasteiger partial charge on any atom is 0.349 e. The van der Waals surface area contributed by atoms with Gasteiger partial charge in [-0.05, 0) is 59.0 Å². The second-order valence-corrected chi connectivity index (χ2v) is 8.90. The van der Waals surface area contributed by atoms with E-state index < -0.39 is 36.0 Å². The van der Waals surface area contributed by atoms with Crippen molar-refractivity contribution in [1.29, 1.82) is 0 Å². The van der Waals surface area contributed by atoms with Crippen LogP contribution in [0.2, 0.25) is 10.0 Å². The van der Waals surface area contributed by atoms with Crippen LogP contribution in [-0.2, 0) is 19.1 Å². The molecule has 0 aliphatic rings. The molecule has 2 atom stereocenters. The number of hydrogen-bond donors (Lipinski definition) is 2. The van der Waals surface area contributed by atoms with E-state index in [2.05, 4.69) is 5.32 Å². The highest BCUT2D eigenvalue weighted by Crippen LogP contribution is 2.23. The molecule has 0 spiro atoms. The molecule has 0 aliphatic carbocycles. The summed E-state index contributed by atoms with van der Waals surface area (Å²) in [4.78, 5) is 50.7. The van der Waals surface area contributed by atoms with Crippen molar-refractivity contribution in [2.45, 2.75) is 12.2 Å². The van der Waals surface area contributed by atoms with E-state index in [0.29, 0.717) is 9.26 Å². The lowest BCUT2D eigenvalue weighted by molar-refractivity contribution is -0.157. The van der Waals surface area contributed by atoms with Gasteiger partial charge in [0.1, 0.15) is 0 Å². The van der Waals surface area contributed by atoms with Gasteiger partial charge in [0.25, 0.3) is 5.91 Å². The third-order valence-corrected chi connectivity index (χ3v) is 6.16. The Hall–Kier alpha value is -3.15. The first-order chi connectivity index (χ1) is 16.7. The first-order valence-corrected chi connectivity index (χ1v) is 11.7. The molecular weight excluding hydrogens is 612 g/mol. The number of hydrogen-bond acceptors (Lipinski definition) is 6. The summed E-state index contributed by atoms with van der Waals surface area (Å²) < 4.78 is 11.0. The van der Waals surface area contributed by atoms with E-state index in [-0.39, 0.29) is 21.2 Å². The Kier molecular flexibility index (Phi) is 9.07. The summed E-state index contributed by atoms with van der Waals surface area (Å²) in [6, 6.07) is 18.3. The van der Waals surface area contributed by atoms with Gasteiger partial charge in [-0.15, -0.1) is 0 Å². The van der Waals surface area contributed by atoms with Gasteiger partial charge >= 0.3 is 17.9 Å². The van der Waals surface area contributed by atoms with Crippen LogP contribution >= 0.6 is 45.8 Å². The summed E-state index contributed by atoms with van der Waals surface area (Å²) in [7, 11) is 0. The van der Waals surface area contributed by atoms with Gasteiger partial charge in [0, 0.05) is 3.57 Å². The van der Waals surface area contributed by atoms with Crippen molar-refractivity contribution in [2.24, 2.45) is 0 Å². The van der Waals surface area contributed by atoms with Crippen LogP contribution in [0.1, 0.15) is 20.7 Å². The third kappa shape index (κ3) is 6.71. The highest BCUT2D eigenvalue weighted by atomic mass is 127. The quantitative estimate of drug-likeness (QED) is 0.264. The molecule has 0 bridgehead atoms. The summed E-state index contributed by atoms with van der Waals surface area (Å²) >= 11 is 14.0. The number of carboxylic acids is 1. The largest absolute Gasteiger partial charge is 0.478 e. The fraction of sp³-hybridized carbons (Fsp3) is 0.0833. The first-order valence-electron chi connectivity index (χ1n) is 9.88. The molecule has 11 heteroatoms. The number of carboxylic acid groups (broad SMARTS) is 1. The molecule has 3 aromatic carbocycles. The van der Waals surface area contributed by atoms with Gasteiger partial charge in [-0.25, -0.2) is 14.4 Å². The zero-order valence-electron chi connectivity index (χ0n) is 17.6. The maximum atomic E-state index is 13.1. The van der Waals surface area contributed by atoms with Gasteiger partial charge in [0.05, 0.1) is 26.9 Å². The number of rotatable bonds is 8. The average Bonchev–Trinajstić information content (AvgIpc) is 2.82. The van der Waals surface area contributed by atoms with Gasteiger partial charge in [-0.2, -0.15) is 0 Å². The van der Waals surface area contributed by atoms with E-state index in [1.165, 1.54) is 36.4 Å². The van der Waals surface area contributed by atoms with E-state index in [1.54, 1.807) is 36.4 Å². The van der Waals surface area contributed by atoms with Crippen molar-refractivity contribution in [3.05, 3.63) is 97.5 Å². The minimum absolute atomic E-state index is 0.00883. The van der Waals surface area contributed by atoms with Crippen molar-refractivity contribution in [2.75, 3.05) is 5.32 Å². The molecule has 0 saturated carbocycles. The monoisotopic (exact) mass is 627 g/mol. The number of para-hydroxylation sites is 1. The van der Waals surface area contributed by atoms with Gasteiger partial charge < -0.3 is 19.9 Å². The summed E-state index contributed by atoms with van der Waals surface area (Å²) in [5, 5.41) is 12.3. The molecule has 0 fully saturated rings. The van der Waals surface area contributed by atoms with E-state index in [9.17, 15) is 24.3 Å². The minimum Gasteiger partial charge on any atom is -0.478 e. The Bertz CT molecular complexity index is 1280. The first kappa shape index (κ1) is 26.5. The van der Waals surface area contributed by atoms with Gasteiger partial charge in [-0.1, -0.05) is 59.6 Å². The maximum absolute atomic E-state index is 13.1. The second-order valence-electron chi connectivity index (χ2n) is 6.92. The fourth-order valence-electron chi connectivity index (χ4n) is 2.87. The van der Waals surface area contributed by atoms with Crippen LogP contribution in [-0.4, -0.2) is 41.1 Å². The van der Waals surface area contributed by atoms with Crippen LogP contribution in [0.3, 0.4) is 0 Å². The Balaban J connectivity index is 1.95. The molecule has 0 heterocycles. The van der Waals surface area contributed by atoms with E-state index >= 15 is 0 Å². The fourth-order valence-corrected chi connectivity index (χ4v) is 3.82. The average molecular weight is 628 g/mol. The van der Waals surface area contributed by atoms with Crippen molar-refractivity contribution in [3.8, 4) is 0 Å². The Morgan fingerprint density at radius 3 is 1.69 bits per heavy atom. The van der Waals surface area contributed by atoms with Crippen LogP contribution in [0.15, 0.2) is 72.8 Å². The van der Waals surface area contributed by atoms with Crippen LogP contribution in [0.4, 0.5) is 5.69 Å². The Labute approximate surface area is 223 Å². The molecule has 0 radical (unpaired) electrons. The predicted molar refractivity (Wildman–Crippen MR) is 137 cm³/mol. The molecule has 0 aromatic heterocycles. The smallest absolute Gasteiger partial charge is 0.349 e. The van der Waals surface area contributed by atoms with Gasteiger partial charge in [-0.3, -0.25) is 4.79 Å². The molecule has 0 saturated heterocycles. The molecule has 2 N–H and O–H groups in total. The lowest BCUT2D eigenvalue weighted by Crippen LogP contribution is -2.48. The molecular formula is C24H16Cl2INO7. The Morgan fingerprint density at radius 2 is 1.20 bits per heavy atom. The molecule has 0 unspecified atom stereocenters. The highest BCUT2D eigenvalue weighted by molar-refractivity contribution is 14.1. The number of carbonyl (C=O) groups excluding carboxylic acids is 3. The number of aliphatic carboxylic acids is 1. The standard InChI is InChI=1S/C24H16Cl2INO7/c25-15-9-3-1-7-13(15)23(32)34-19(21(29)28-18-12-6-5-11-17(18)27)20(22(30)31)35-24(33)14-8-2-4-10-16(14)26/h1-12,19-20H,(H,28,29)(H,30,31)/t19-,20+/m1/s1. The number of carbonyl (C=O) groups is 4. The van der Waals surface area contributed by atoms with E-state index in [4.69, 9.17) is 32.7 Å². The van der Waals surface area contributed by atoms with Crippen LogP contribution < -0.4 is 5.32 Å². The number of esters is 2. The van der Waals surface area contributed by atoms with Crippen LogP contribution in [0.25, 0.3) is 0 Å². The van der Waals surface area contributed by atoms with Crippen molar-refractivity contribution < 1.29 is 33.8 Å². The summed E-state index contributed by atoms with van der Waals surface area (Å²) in [6.07, 6.45) is -4.27. The molecule has 1 amide bonds. The molecule has 8 nitrogen and oxygen atoms in total. The number of ether oxygens (including phenoxy) is 2. The Morgan fingerprint density at radius 1 is 0.743 bits per heavy atom. The van der Waals surface area contributed by atoms with Gasteiger partial charge in [0.2, 0.25) is 12.2 Å². The zero-order chi connectivity index (χ0) is 25.5. The normalized spacial score (nSPS) is 12.2. The zero-order valence-corrected chi connectivity index (χ0v) is 21.3. The molecule has 3 aromatic rings. The van der Waals surface area contributed by atoms with Crippen molar-refractivity contribution in [3.63, 3.8) is 0 Å². The second kappa shape index (κ2) is 12.0. The number of nitrogens with one attached hydrogen (secondary N) is 1. The molecule has 0 aliphatic heterocycles. The predicted octanol–water partition coefficient (Wildman–Crippen LogP) is 5.07. The topological polar surface area (TPSA) is 119 Å². The lowest BCUT2D eigenvalue weighted by atomic mass is 10.1. The number of benzene rings is 3. The van der Waals surface area contributed by atoms with Crippen LogP contribution in [0.5, 0.6) is 0 Å². The van der Waals surface area contributed by atoms with E-state index in [1.807, 2.05) is 22.6 Å². The molecule has 3 rings (SSSR count). The van der Waals surface area contributed by atoms with Crippen molar-refractivity contribution >= 4 is 75.3 Å². The number of amides is 1. The minimum atomic E-state index is -2.20. The SMILES string of the molecule is O=C(O[C@H](C(=O)O)[C@@H](OC(=O)c1ccccc1Cl)C(=O)Nc1ccccc1I)c1ccccc1Cl. The van der Waals surface area contributed by atoms with Crippen molar-refractivity contribution in [1.82, 2.24) is 0 Å². The molecule has 35 heavy (non-hydrogen) atoms. The number of halogens is 3. The summed E-state index contributed by atoms with van der Waals surface area (Å²) in [5.74, 6) is -4.96.